The van der Waals surface area contributed by atoms with E-state index in [9.17, 15) is 18.4 Å². The maximum atomic E-state index is 13.6. The molecule has 2 fully saturated rings. The fourth-order valence-electron chi connectivity index (χ4n) is 3.45. The second kappa shape index (κ2) is 6.95. The Bertz CT molecular complexity index is 685. The molecule has 1 spiro atoms. The average Bonchev–Trinajstić information content (AvgIpc) is 2.82. The number of anilines is 1. The van der Waals surface area contributed by atoms with Crippen molar-refractivity contribution >= 4 is 17.7 Å². The van der Waals surface area contributed by atoms with E-state index < -0.39 is 17.2 Å². The van der Waals surface area contributed by atoms with Crippen molar-refractivity contribution < 1.29 is 23.1 Å². The van der Waals surface area contributed by atoms with Gasteiger partial charge >= 0.3 is 6.09 Å². The third-order valence-corrected chi connectivity index (χ3v) is 4.62. The van der Waals surface area contributed by atoms with Crippen molar-refractivity contribution in [2.24, 2.45) is 0 Å². The molecule has 0 aliphatic carbocycles. The Balaban J connectivity index is 1.52. The van der Waals surface area contributed by atoms with E-state index in [1.54, 1.807) is 11.9 Å². The number of hydrogen-bond donors (Lipinski definition) is 1. The zero-order valence-corrected chi connectivity index (χ0v) is 14.1. The number of carbonyl (C=O) groups is 2. The van der Waals surface area contributed by atoms with E-state index in [0.29, 0.717) is 19.6 Å². The number of carbonyl (C=O) groups excluding carboxylic acids is 2. The summed E-state index contributed by atoms with van der Waals surface area (Å²) in [6, 6.07) is 2.93. The molecule has 1 unspecified atom stereocenters. The molecule has 2 amide bonds. The molecule has 0 bridgehead atoms. The fraction of sp³-hybridized carbons (Fsp3) is 0.529. The predicted molar refractivity (Wildman–Crippen MR) is 87.1 cm³/mol. The van der Waals surface area contributed by atoms with Crippen LogP contribution in [-0.2, 0) is 9.53 Å². The van der Waals surface area contributed by atoms with E-state index in [-0.39, 0.29) is 24.1 Å². The van der Waals surface area contributed by atoms with Crippen LogP contribution < -0.4 is 5.32 Å². The topological polar surface area (TPSA) is 61.9 Å². The van der Waals surface area contributed by atoms with Crippen molar-refractivity contribution in [3.63, 3.8) is 0 Å². The van der Waals surface area contributed by atoms with Gasteiger partial charge in [-0.1, -0.05) is 0 Å². The van der Waals surface area contributed by atoms with Gasteiger partial charge in [0, 0.05) is 32.6 Å². The van der Waals surface area contributed by atoms with Crippen LogP contribution in [0.2, 0.25) is 0 Å². The van der Waals surface area contributed by atoms with Crippen LogP contribution in [0.15, 0.2) is 18.2 Å². The van der Waals surface area contributed by atoms with E-state index in [0.717, 1.165) is 37.6 Å². The molecular formula is C17H21F2N3O3. The SMILES string of the molecule is CN1CC2(CCCN(CCC(=O)Nc3cc(F)ccc3F)C2)OC1=O. The Hall–Kier alpha value is -2.22. The summed E-state index contributed by atoms with van der Waals surface area (Å²) in [5.74, 6) is -1.67. The summed E-state index contributed by atoms with van der Waals surface area (Å²) in [7, 11) is 1.71. The van der Waals surface area contributed by atoms with Gasteiger partial charge in [-0.15, -0.1) is 0 Å². The third-order valence-electron chi connectivity index (χ3n) is 4.62. The Morgan fingerprint density at radius 1 is 1.36 bits per heavy atom. The van der Waals surface area contributed by atoms with Gasteiger partial charge in [-0.3, -0.25) is 9.69 Å². The lowest BCUT2D eigenvalue weighted by atomic mass is 9.92. The number of amides is 2. The van der Waals surface area contributed by atoms with Crippen molar-refractivity contribution in [2.75, 3.05) is 38.5 Å². The smallest absolute Gasteiger partial charge is 0.410 e. The van der Waals surface area contributed by atoms with E-state index in [1.807, 2.05) is 0 Å². The largest absolute Gasteiger partial charge is 0.440 e. The summed E-state index contributed by atoms with van der Waals surface area (Å²) in [5.41, 5.74) is -0.665. The zero-order chi connectivity index (χ0) is 18.0. The first-order chi connectivity index (χ1) is 11.9. The van der Waals surface area contributed by atoms with Crippen molar-refractivity contribution in [3.8, 4) is 0 Å². The highest BCUT2D eigenvalue weighted by molar-refractivity contribution is 5.90. The molecule has 0 radical (unpaired) electrons. The molecule has 1 atom stereocenters. The third kappa shape index (κ3) is 4.07. The number of hydrogen-bond acceptors (Lipinski definition) is 4. The summed E-state index contributed by atoms with van der Waals surface area (Å²) in [4.78, 5) is 27.3. The van der Waals surface area contributed by atoms with Crippen LogP contribution in [0.3, 0.4) is 0 Å². The molecular weight excluding hydrogens is 332 g/mol. The van der Waals surface area contributed by atoms with Crippen molar-refractivity contribution in [1.29, 1.82) is 0 Å². The van der Waals surface area contributed by atoms with Crippen molar-refractivity contribution in [2.45, 2.75) is 24.9 Å². The molecule has 2 aliphatic heterocycles. The first-order valence-corrected chi connectivity index (χ1v) is 8.28. The number of nitrogens with zero attached hydrogens (tertiary/aromatic N) is 2. The standard InChI is InChI=1S/C17H21F2N3O3/c1-21-10-17(25-16(21)24)6-2-7-22(11-17)8-5-15(23)20-14-9-12(18)3-4-13(14)19/h3-4,9H,2,5-8,10-11H2,1H3,(H,20,23). The van der Waals surface area contributed by atoms with Crippen LogP contribution in [0.25, 0.3) is 0 Å². The van der Waals surface area contributed by atoms with Gasteiger partial charge in [-0.25, -0.2) is 13.6 Å². The first kappa shape index (κ1) is 17.6. The monoisotopic (exact) mass is 353 g/mol. The molecule has 1 aromatic rings. The van der Waals surface area contributed by atoms with Crippen molar-refractivity contribution in [3.05, 3.63) is 29.8 Å². The number of halogens is 2. The maximum absolute atomic E-state index is 13.6. The van der Waals surface area contributed by atoms with Gasteiger partial charge in [0.15, 0.2) is 0 Å². The molecule has 136 valence electrons. The summed E-state index contributed by atoms with van der Waals surface area (Å²) in [6.07, 6.45) is 1.51. The number of ether oxygens (including phenoxy) is 1. The van der Waals surface area contributed by atoms with Crippen LogP contribution >= 0.6 is 0 Å². The molecule has 3 rings (SSSR count). The van der Waals surface area contributed by atoms with Crippen LogP contribution in [0.1, 0.15) is 19.3 Å². The second-order valence-electron chi connectivity index (χ2n) is 6.71. The van der Waals surface area contributed by atoms with Crippen molar-refractivity contribution in [1.82, 2.24) is 9.80 Å². The minimum absolute atomic E-state index is 0.149. The Kier molecular flexibility index (Phi) is 4.89. The summed E-state index contributed by atoms with van der Waals surface area (Å²) in [6.45, 7) is 2.39. The molecule has 6 nitrogen and oxygen atoms in total. The van der Waals surface area contributed by atoms with Crippen LogP contribution in [-0.4, -0.2) is 60.6 Å². The summed E-state index contributed by atoms with van der Waals surface area (Å²) in [5, 5.41) is 2.39. The molecule has 0 aromatic heterocycles. The lowest BCUT2D eigenvalue weighted by Crippen LogP contribution is -2.50. The molecule has 2 saturated heterocycles. The number of rotatable bonds is 4. The number of piperidine rings is 1. The van der Waals surface area contributed by atoms with E-state index in [4.69, 9.17) is 4.74 Å². The number of likely N-dealkylation sites (tertiary alicyclic amines) is 1. The fourth-order valence-corrected chi connectivity index (χ4v) is 3.45. The average molecular weight is 353 g/mol. The number of nitrogens with one attached hydrogen (secondary N) is 1. The Labute approximate surface area is 144 Å². The highest BCUT2D eigenvalue weighted by Gasteiger charge is 2.46. The van der Waals surface area contributed by atoms with E-state index in [2.05, 4.69) is 10.2 Å². The van der Waals surface area contributed by atoms with Crippen LogP contribution in [0, 0.1) is 11.6 Å². The van der Waals surface area contributed by atoms with Gasteiger partial charge in [-0.2, -0.15) is 0 Å². The van der Waals surface area contributed by atoms with Gasteiger partial charge in [0.25, 0.3) is 0 Å². The van der Waals surface area contributed by atoms with Gasteiger partial charge in [0.1, 0.15) is 17.2 Å². The highest BCUT2D eigenvalue weighted by atomic mass is 19.1. The molecule has 8 heteroatoms. The molecule has 25 heavy (non-hydrogen) atoms. The Morgan fingerprint density at radius 2 is 2.16 bits per heavy atom. The molecule has 2 aliphatic rings. The van der Waals surface area contributed by atoms with Crippen LogP contribution in [0.5, 0.6) is 0 Å². The molecule has 0 saturated carbocycles. The number of likely N-dealkylation sites (N-methyl/N-ethyl adjacent to an activating group) is 1. The maximum Gasteiger partial charge on any atom is 0.410 e. The van der Waals surface area contributed by atoms with E-state index in [1.165, 1.54) is 0 Å². The molecule has 2 heterocycles. The molecule has 1 N–H and O–H groups in total. The van der Waals surface area contributed by atoms with Gasteiger partial charge < -0.3 is 15.0 Å². The van der Waals surface area contributed by atoms with Gasteiger partial charge in [0.2, 0.25) is 5.91 Å². The zero-order valence-electron chi connectivity index (χ0n) is 14.1. The quantitative estimate of drug-likeness (QED) is 0.902. The predicted octanol–water partition coefficient (Wildman–Crippen LogP) is 2.21. The van der Waals surface area contributed by atoms with Gasteiger partial charge in [-0.05, 0) is 31.5 Å². The Morgan fingerprint density at radius 3 is 2.88 bits per heavy atom. The minimum atomic E-state index is -0.674. The molecule has 1 aromatic carbocycles. The minimum Gasteiger partial charge on any atom is -0.440 e. The lowest BCUT2D eigenvalue weighted by molar-refractivity contribution is -0.116. The first-order valence-electron chi connectivity index (χ1n) is 8.28. The highest BCUT2D eigenvalue weighted by Crippen LogP contribution is 2.31. The van der Waals surface area contributed by atoms with Crippen LogP contribution in [0.4, 0.5) is 19.3 Å². The lowest BCUT2D eigenvalue weighted by Gasteiger charge is -2.38. The summed E-state index contributed by atoms with van der Waals surface area (Å²) < 4.78 is 32.2. The normalized spacial score (nSPS) is 23.8. The van der Waals surface area contributed by atoms with Gasteiger partial charge in [0.05, 0.1) is 12.2 Å². The van der Waals surface area contributed by atoms with E-state index >= 15 is 0 Å². The summed E-state index contributed by atoms with van der Waals surface area (Å²) >= 11 is 0. The second-order valence-corrected chi connectivity index (χ2v) is 6.71. The number of benzene rings is 1.